The standard InChI is InChI=1S/C18H19IN2O4/c1-21(18(23)12-25-16-9-4-3-8-15(16)19)11-17(22)20-13-6-5-7-14(10-13)24-2/h3-10H,11-12H2,1-2H3,(H,20,22). The molecule has 0 saturated heterocycles. The minimum absolute atomic E-state index is 0.0642. The van der Waals surface area contributed by atoms with Crippen molar-refractivity contribution in [2.24, 2.45) is 0 Å². The van der Waals surface area contributed by atoms with Crippen LogP contribution in [0.1, 0.15) is 0 Å². The van der Waals surface area contributed by atoms with Crippen LogP contribution in [0.4, 0.5) is 5.69 Å². The number of para-hydroxylation sites is 1. The molecule has 6 nitrogen and oxygen atoms in total. The topological polar surface area (TPSA) is 67.9 Å². The van der Waals surface area contributed by atoms with Gasteiger partial charge in [0.2, 0.25) is 5.91 Å². The van der Waals surface area contributed by atoms with Crippen molar-refractivity contribution in [1.82, 2.24) is 4.90 Å². The van der Waals surface area contributed by atoms with Gasteiger partial charge in [0.15, 0.2) is 6.61 Å². The summed E-state index contributed by atoms with van der Waals surface area (Å²) in [7, 11) is 3.12. The zero-order valence-electron chi connectivity index (χ0n) is 14.0. The highest BCUT2D eigenvalue weighted by atomic mass is 127. The lowest BCUT2D eigenvalue weighted by Gasteiger charge is -2.17. The van der Waals surface area contributed by atoms with Gasteiger partial charge in [0.25, 0.3) is 5.91 Å². The Morgan fingerprint density at radius 1 is 1.16 bits per heavy atom. The monoisotopic (exact) mass is 454 g/mol. The van der Waals surface area contributed by atoms with Gasteiger partial charge < -0.3 is 19.7 Å². The molecule has 0 spiro atoms. The van der Waals surface area contributed by atoms with Gasteiger partial charge in [0.05, 0.1) is 17.2 Å². The molecule has 0 atom stereocenters. The maximum Gasteiger partial charge on any atom is 0.260 e. The molecule has 2 amide bonds. The third-order valence-corrected chi connectivity index (χ3v) is 4.24. The Morgan fingerprint density at radius 2 is 1.92 bits per heavy atom. The van der Waals surface area contributed by atoms with Crippen LogP contribution in [0.25, 0.3) is 0 Å². The Kier molecular flexibility index (Phi) is 7.05. The summed E-state index contributed by atoms with van der Waals surface area (Å²) in [4.78, 5) is 25.5. The normalized spacial score (nSPS) is 10.0. The molecule has 25 heavy (non-hydrogen) atoms. The number of amides is 2. The molecule has 2 rings (SSSR count). The van der Waals surface area contributed by atoms with Gasteiger partial charge in [0.1, 0.15) is 11.5 Å². The van der Waals surface area contributed by atoms with E-state index in [1.54, 1.807) is 44.5 Å². The summed E-state index contributed by atoms with van der Waals surface area (Å²) < 4.78 is 11.5. The number of ether oxygens (including phenoxy) is 2. The molecule has 0 aliphatic carbocycles. The third-order valence-electron chi connectivity index (χ3n) is 3.35. The first-order valence-corrected chi connectivity index (χ1v) is 8.62. The quantitative estimate of drug-likeness (QED) is 0.654. The largest absolute Gasteiger partial charge is 0.497 e. The van der Waals surface area contributed by atoms with Gasteiger partial charge in [-0.25, -0.2) is 0 Å². The SMILES string of the molecule is COc1cccc(NC(=O)CN(C)C(=O)COc2ccccc2I)c1. The van der Waals surface area contributed by atoms with Crippen molar-refractivity contribution in [3.63, 3.8) is 0 Å². The number of hydrogen-bond donors (Lipinski definition) is 1. The Bertz CT molecular complexity index is 751. The highest BCUT2D eigenvalue weighted by Crippen LogP contribution is 2.19. The molecule has 0 aliphatic heterocycles. The smallest absolute Gasteiger partial charge is 0.260 e. The summed E-state index contributed by atoms with van der Waals surface area (Å²) in [6, 6.07) is 14.4. The molecule has 0 aliphatic rings. The number of anilines is 1. The van der Waals surface area contributed by atoms with Crippen molar-refractivity contribution < 1.29 is 19.1 Å². The number of likely N-dealkylation sites (N-methyl/N-ethyl adjacent to an activating group) is 1. The summed E-state index contributed by atoms with van der Waals surface area (Å²) in [5.41, 5.74) is 0.611. The van der Waals surface area contributed by atoms with Crippen LogP contribution < -0.4 is 14.8 Å². The molecule has 132 valence electrons. The van der Waals surface area contributed by atoms with Crippen molar-refractivity contribution in [3.05, 3.63) is 52.1 Å². The molecule has 1 N–H and O–H groups in total. The van der Waals surface area contributed by atoms with E-state index in [9.17, 15) is 9.59 Å². The van der Waals surface area contributed by atoms with Gasteiger partial charge in [-0.05, 0) is 46.9 Å². The van der Waals surface area contributed by atoms with E-state index in [1.165, 1.54) is 4.90 Å². The van der Waals surface area contributed by atoms with Crippen LogP contribution in [0.2, 0.25) is 0 Å². The molecular weight excluding hydrogens is 435 g/mol. The molecule has 0 radical (unpaired) electrons. The Morgan fingerprint density at radius 3 is 2.64 bits per heavy atom. The van der Waals surface area contributed by atoms with Gasteiger partial charge in [-0.3, -0.25) is 9.59 Å². The number of nitrogens with zero attached hydrogens (tertiary/aromatic N) is 1. The highest BCUT2D eigenvalue weighted by Gasteiger charge is 2.14. The number of carbonyl (C=O) groups excluding carboxylic acids is 2. The molecule has 0 aromatic heterocycles. The van der Waals surface area contributed by atoms with E-state index >= 15 is 0 Å². The first-order valence-electron chi connectivity index (χ1n) is 7.55. The molecule has 2 aromatic carbocycles. The van der Waals surface area contributed by atoms with E-state index in [-0.39, 0.29) is 25.0 Å². The minimum Gasteiger partial charge on any atom is -0.497 e. The fourth-order valence-electron chi connectivity index (χ4n) is 2.02. The summed E-state index contributed by atoms with van der Waals surface area (Å²) in [6.45, 7) is -0.186. The summed E-state index contributed by atoms with van der Waals surface area (Å²) >= 11 is 2.14. The van der Waals surface area contributed by atoms with Crippen LogP contribution >= 0.6 is 22.6 Å². The van der Waals surface area contributed by atoms with Crippen LogP contribution in [0.3, 0.4) is 0 Å². The average molecular weight is 454 g/mol. The second-order valence-corrected chi connectivity index (χ2v) is 6.41. The van der Waals surface area contributed by atoms with Gasteiger partial charge >= 0.3 is 0 Å². The van der Waals surface area contributed by atoms with Gasteiger partial charge in [-0.1, -0.05) is 18.2 Å². The van der Waals surface area contributed by atoms with Crippen LogP contribution in [0, 0.1) is 3.57 Å². The van der Waals surface area contributed by atoms with Crippen LogP contribution in [0.15, 0.2) is 48.5 Å². The number of hydrogen-bond acceptors (Lipinski definition) is 4. The second kappa shape index (κ2) is 9.26. The van der Waals surface area contributed by atoms with Crippen LogP contribution in [-0.2, 0) is 9.59 Å². The molecule has 0 saturated carbocycles. The van der Waals surface area contributed by atoms with Crippen molar-refractivity contribution in [2.45, 2.75) is 0 Å². The van der Waals surface area contributed by atoms with E-state index in [2.05, 4.69) is 27.9 Å². The average Bonchev–Trinajstić information content (AvgIpc) is 2.60. The molecule has 0 bridgehead atoms. The highest BCUT2D eigenvalue weighted by molar-refractivity contribution is 14.1. The molecule has 0 heterocycles. The number of methoxy groups -OCH3 is 1. The molecule has 7 heteroatoms. The first-order chi connectivity index (χ1) is 12.0. The van der Waals surface area contributed by atoms with Crippen LogP contribution in [0.5, 0.6) is 11.5 Å². The Hall–Kier alpha value is -2.29. The summed E-state index contributed by atoms with van der Waals surface area (Å²) in [5, 5.41) is 2.73. The zero-order valence-corrected chi connectivity index (χ0v) is 16.1. The maximum absolute atomic E-state index is 12.1. The van der Waals surface area contributed by atoms with E-state index in [1.807, 2.05) is 18.2 Å². The van der Waals surface area contributed by atoms with Gasteiger partial charge in [-0.15, -0.1) is 0 Å². The van der Waals surface area contributed by atoms with Crippen LogP contribution in [-0.4, -0.2) is 44.0 Å². The molecule has 0 unspecified atom stereocenters. The maximum atomic E-state index is 12.1. The van der Waals surface area contributed by atoms with E-state index < -0.39 is 0 Å². The van der Waals surface area contributed by atoms with Crippen molar-refractivity contribution in [2.75, 3.05) is 32.6 Å². The molecule has 0 fully saturated rings. The summed E-state index contributed by atoms with van der Waals surface area (Å²) in [6.07, 6.45) is 0. The fourth-order valence-corrected chi connectivity index (χ4v) is 2.56. The minimum atomic E-state index is -0.293. The lowest BCUT2D eigenvalue weighted by Crippen LogP contribution is -2.37. The summed E-state index contributed by atoms with van der Waals surface area (Å²) in [5.74, 6) is 0.720. The number of rotatable bonds is 7. The van der Waals surface area contributed by atoms with E-state index in [0.717, 1.165) is 3.57 Å². The lowest BCUT2D eigenvalue weighted by molar-refractivity contribution is -0.135. The third kappa shape index (κ3) is 5.93. The first kappa shape index (κ1) is 19.0. The second-order valence-electron chi connectivity index (χ2n) is 5.25. The number of nitrogens with one attached hydrogen (secondary N) is 1. The number of carbonyl (C=O) groups is 2. The van der Waals surface area contributed by atoms with Crippen molar-refractivity contribution in [1.29, 1.82) is 0 Å². The van der Waals surface area contributed by atoms with Gasteiger partial charge in [0, 0.05) is 18.8 Å². The fraction of sp³-hybridized carbons (Fsp3) is 0.222. The van der Waals surface area contributed by atoms with Crippen molar-refractivity contribution >= 4 is 40.1 Å². The molecule has 2 aromatic rings. The number of halogens is 1. The van der Waals surface area contributed by atoms with Gasteiger partial charge in [-0.2, -0.15) is 0 Å². The lowest BCUT2D eigenvalue weighted by atomic mass is 10.3. The zero-order chi connectivity index (χ0) is 18.2. The number of benzene rings is 2. The Labute approximate surface area is 160 Å². The predicted molar refractivity (Wildman–Crippen MR) is 104 cm³/mol. The molecular formula is C18H19IN2O4. The van der Waals surface area contributed by atoms with E-state index in [0.29, 0.717) is 17.2 Å². The van der Waals surface area contributed by atoms with E-state index in [4.69, 9.17) is 9.47 Å². The van der Waals surface area contributed by atoms with Crippen molar-refractivity contribution in [3.8, 4) is 11.5 Å². The Balaban J connectivity index is 1.83. The predicted octanol–water partition coefficient (Wildman–Crippen LogP) is 2.78.